The highest BCUT2D eigenvalue weighted by Crippen LogP contribution is 2.24. The van der Waals surface area contributed by atoms with E-state index in [0.717, 1.165) is 28.1 Å². The lowest BCUT2D eigenvalue weighted by Crippen LogP contribution is -2.11. The summed E-state index contributed by atoms with van der Waals surface area (Å²) in [6, 6.07) is 16.3. The molecule has 0 saturated heterocycles. The van der Waals surface area contributed by atoms with Crippen LogP contribution in [-0.2, 0) is 0 Å². The number of furan rings is 1. The highest BCUT2D eigenvalue weighted by Gasteiger charge is 2.12. The van der Waals surface area contributed by atoms with Gasteiger partial charge in [-0.1, -0.05) is 35.9 Å². The van der Waals surface area contributed by atoms with Gasteiger partial charge in [-0.3, -0.25) is 10.1 Å². The van der Waals surface area contributed by atoms with Crippen molar-refractivity contribution in [1.82, 2.24) is 4.68 Å². The first kappa shape index (κ1) is 20.8. The SMILES string of the molecule is Cc1ccc(C)c(N=c2scc(-c3ccc(Cl)cc3)n2N=Cc2ccc([N+](=O)[O-])o2)c1. The van der Waals surface area contributed by atoms with Crippen molar-refractivity contribution in [1.29, 1.82) is 0 Å². The second-order valence-electron chi connectivity index (χ2n) is 6.80. The molecule has 4 aromatic rings. The first-order valence-corrected chi connectivity index (χ1v) is 10.5. The maximum absolute atomic E-state index is 10.9. The lowest BCUT2D eigenvalue weighted by atomic mass is 10.1. The molecule has 0 aliphatic carbocycles. The summed E-state index contributed by atoms with van der Waals surface area (Å²) in [6.45, 7) is 4.02. The van der Waals surface area contributed by atoms with Gasteiger partial charge in [0.05, 0.1) is 23.7 Å². The average Bonchev–Trinajstić information content (AvgIpc) is 3.37. The van der Waals surface area contributed by atoms with Crippen molar-refractivity contribution in [3.05, 3.63) is 96.8 Å². The predicted octanol–water partition coefficient (Wildman–Crippen LogP) is 6.10. The van der Waals surface area contributed by atoms with Crippen molar-refractivity contribution >= 4 is 40.7 Å². The molecule has 156 valence electrons. The van der Waals surface area contributed by atoms with E-state index in [1.807, 2.05) is 49.6 Å². The van der Waals surface area contributed by atoms with E-state index in [2.05, 4.69) is 5.10 Å². The molecular weight excluding hydrogens is 436 g/mol. The molecular formula is C22H17ClN4O3S. The Hall–Kier alpha value is -3.49. The second kappa shape index (κ2) is 8.71. The zero-order valence-corrected chi connectivity index (χ0v) is 18.2. The van der Waals surface area contributed by atoms with Gasteiger partial charge >= 0.3 is 5.88 Å². The maximum Gasteiger partial charge on any atom is 0.433 e. The van der Waals surface area contributed by atoms with Crippen LogP contribution < -0.4 is 4.80 Å². The molecule has 9 heteroatoms. The van der Waals surface area contributed by atoms with E-state index in [1.54, 1.807) is 16.8 Å². The van der Waals surface area contributed by atoms with Crippen molar-refractivity contribution < 1.29 is 9.34 Å². The minimum Gasteiger partial charge on any atom is -0.400 e. The third kappa shape index (κ3) is 4.65. The number of nitro groups is 1. The highest BCUT2D eigenvalue weighted by molar-refractivity contribution is 7.07. The van der Waals surface area contributed by atoms with E-state index in [-0.39, 0.29) is 11.6 Å². The largest absolute Gasteiger partial charge is 0.433 e. The number of hydrogen-bond donors (Lipinski definition) is 0. The topological polar surface area (TPSA) is 85.9 Å². The number of rotatable bonds is 5. The number of thiazole rings is 1. The number of hydrogen-bond acceptors (Lipinski definition) is 6. The summed E-state index contributed by atoms with van der Waals surface area (Å²) in [5, 5.41) is 18.0. The van der Waals surface area contributed by atoms with Gasteiger partial charge in [0.25, 0.3) is 0 Å². The molecule has 0 fully saturated rings. The van der Waals surface area contributed by atoms with Crippen molar-refractivity contribution in [2.24, 2.45) is 10.1 Å². The highest BCUT2D eigenvalue weighted by atomic mass is 35.5. The number of benzene rings is 2. The van der Waals surface area contributed by atoms with Crippen molar-refractivity contribution in [3.63, 3.8) is 0 Å². The van der Waals surface area contributed by atoms with Gasteiger partial charge in [-0.25, -0.2) is 9.67 Å². The van der Waals surface area contributed by atoms with Crippen molar-refractivity contribution in [2.45, 2.75) is 13.8 Å². The van der Waals surface area contributed by atoms with Crippen LogP contribution >= 0.6 is 22.9 Å². The summed E-state index contributed by atoms with van der Waals surface area (Å²) in [7, 11) is 0. The van der Waals surface area contributed by atoms with Crippen molar-refractivity contribution in [3.8, 4) is 11.3 Å². The van der Waals surface area contributed by atoms with Crippen LogP contribution in [0.2, 0.25) is 5.02 Å². The summed E-state index contributed by atoms with van der Waals surface area (Å²) in [6.07, 6.45) is 1.43. The molecule has 2 aromatic heterocycles. The second-order valence-corrected chi connectivity index (χ2v) is 8.07. The smallest absolute Gasteiger partial charge is 0.400 e. The molecule has 0 bridgehead atoms. The van der Waals surface area contributed by atoms with Crippen LogP contribution in [-0.4, -0.2) is 15.8 Å². The molecule has 0 amide bonds. The summed E-state index contributed by atoms with van der Waals surface area (Å²) in [5.74, 6) is -0.0693. The van der Waals surface area contributed by atoms with E-state index >= 15 is 0 Å². The zero-order chi connectivity index (χ0) is 22.0. The number of aromatic nitrogens is 1. The molecule has 2 aromatic carbocycles. The Kier molecular flexibility index (Phi) is 5.83. The lowest BCUT2D eigenvalue weighted by molar-refractivity contribution is -0.402. The maximum atomic E-state index is 10.9. The number of aryl methyl sites for hydroxylation is 2. The first-order chi connectivity index (χ1) is 14.9. The Morgan fingerprint density at radius 2 is 1.90 bits per heavy atom. The van der Waals surface area contributed by atoms with Gasteiger partial charge in [0.1, 0.15) is 4.92 Å². The van der Waals surface area contributed by atoms with E-state index < -0.39 is 4.92 Å². The Labute approximate surface area is 186 Å². The van der Waals surface area contributed by atoms with Gasteiger partial charge < -0.3 is 4.42 Å². The standard InChI is InChI=1S/C22H17ClN4O3S/c1-14-3-4-15(2)19(11-14)25-22-26(24-12-18-9-10-21(30-18)27(28)29)20(13-31-22)16-5-7-17(23)8-6-16/h3-13H,1-2H3. The van der Waals surface area contributed by atoms with Gasteiger partial charge in [0.2, 0.25) is 4.80 Å². The van der Waals surface area contributed by atoms with Gasteiger partial charge in [0.15, 0.2) is 5.76 Å². The molecule has 0 N–H and O–H groups in total. The molecule has 0 aliphatic heterocycles. The minimum atomic E-state index is -0.588. The van der Waals surface area contributed by atoms with Gasteiger partial charge in [-0.15, -0.1) is 11.3 Å². The van der Waals surface area contributed by atoms with Crippen LogP contribution in [0.25, 0.3) is 11.3 Å². The Morgan fingerprint density at radius 3 is 2.61 bits per heavy atom. The van der Waals surface area contributed by atoms with Crippen LogP contribution in [0.15, 0.2) is 74.5 Å². The summed E-state index contributed by atoms with van der Waals surface area (Å²) < 4.78 is 6.88. The quantitative estimate of drug-likeness (QED) is 0.208. The molecule has 0 saturated carbocycles. The van der Waals surface area contributed by atoms with Crippen LogP contribution in [0.5, 0.6) is 0 Å². The normalized spacial score (nSPS) is 12.0. The van der Waals surface area contributed by atoms with Gasteiger partial charge in [-0.2, -0.15) is 5.10 Å². The molecule has 7 nitrogen and oxygen atoms in total. The summed E-state index contributed by atoms with van der Waals surface area (Å²) >= 11 is 7.47. The molecule has 0 atom stereocenters. The fourth-order valence-corrected chi connectivity index (χ4v) is 3.85. The van der Waals surface area contributed by atoms with Crippen molar-refractivity contribution in [2.75, 3.05) is 0 Å². The fraction of sp³-hybridized carbons (Fsp3) is 0.0909. The molecule has 0 radical (unpaired) electrons. The average molecular weight is 453 g/mol. The number of halogens is 1. The number of nitrogens with zero attached hydrogens (tertiary/aromatic N) is 4. The molecule has 31 heavy (non-hydrogen) atoms. The van der Waals surface area contributed by atoms with Gasteiger partial charge in [-0.05, 0) is 49.2 Å². The van der Waals surface area contributed by atoms with E-state index in [0.29, 0.717) is 9.82 Å². The molecule has 4 rings (SSSR count). The molecule has 0 aliphatic rings. The fourth-order valence-electron chi connectivity index (χ4n) is 2.87. The van der Waals surface area contributed by atoms with E-state index in [9.17, 15) is 10.1 Å². The molecule has 2 heterocycles. The predicted molar refractivity (Wildman–Crippen MR) is 122 cm³/mol. The summed E-state index contributed by atoms with van der Waals surface area (Å²) in [5.41, 5.74) is 4.72. The van der Waals surface area contributed by atoms with Crippen LogP contribution in [0.1, 0.15) is 16.9 Å². The Bertz CT molecular complexity index is 1350. The van der Waals surface area contributed by atoms with E-state index in [1.165, 1.54) is 29.7 Å². The Balaban J connectivity index is 1.84. The monoisotopic (exact) mass is 452 g/mol. The van der Waals surface area contributed by atoms with Crippen LogP contribution in [0.3, 0.4) is 0 Å². The lowest BCUT2D eigenvalue weighted by Gasteiger charge is -2.04. The minimum absolute atomic E-state index is 0.269. The third-order valence-corrected chi connectivity index (χ3v) is 5.57. The zero-order valence-electron chi connectivity index (χ0n) is 16.7. The first-order valence-electron chi connectivity index (χ1n) is 9.28. The van der Waals surface area contributed by atoms with E-state index in [4.69, 9.17) is 21.0 Å². The summed E-state index contributed by atoms with van der Waals surface area (Å²) in [4.78, 5) is 15.7. The molecule has 0 spiro atoms. The van der Waals surface area contributed by atoms with Gasteiger partial charge in [0, 0.05) is 16.0 Å². The van der Waals surface area contributed by atoms with Crippen LogP contribution in [0, 0.1) is 24.0 Å². The third-order valence-electron chi connectivity index (χ3n) is 4.50. The Morgan fingerprint density at radius 1 is 1.13 bits per heavy atom. The molecule has 0 unspecified atom stereocenters. The van der Waals surface area contributed by atoms with Crippen LogP contribution in [0.4, 0.5) is 11.6 Å².